The average Bonchev–Trinajstić information content (AvgIpc) is 2.53. The van der Waals surface area contributed by atoms with Crippen LogP contribution in [0.3, 0.4) is 0 Å². The molecule has 0 aliphatic heterocycles. The van der Waals surface area contributed by atoms with Gasteiger partial charge in [-0.2, -0.15) is 0 Å². The summed E-state index contributed by atoms with van der Waals surface area (Å²) in [6, 6.07) is 8.80. The van der Waals surface area contributed by atoms with Gasteiger partial charge in [-0.3, -0.25) is 4.79 Å². The average molecular weight is 375 g/mol. The van der Waals surface area contributed by atoms with Gasteiger partial charge in [0.2, 0.25) is 0 Å². The van der Waals surface area contributed by atoms with Crippen molar-refractivity contribution in [2.45, 2.75) is 6.42 Å². The molecule has 2 aromatic rings. The van der Waals surface area contributed by atoms with Crippen LogP contribution in [0.4, 0.5) is 0 Å². The van der Waals surface area contributed by atoms with Gasteiger partial charge in [0.25, 0.3) is 5.91 Å². The summed E-state index contributed by atoms with van der Waals surface area (Å²) >= 11 is 17.7. The van der Waals surface area contributed by atoms with Gasteiger partial charge in [0, 0.05) is 6.54 Å². The molecule has 2 aromatic carbocycles. The second-order valence-corrected chi connectivity index (χ2v) is 5.93. The van der Waals surface area contributed by atoms with E-state index in [1.54, 1.807) is 7.11 Å². The van der Waals surface area contributed by atoms with Crippen molar-refractivity contribution in [3.8, 4) is 11.5 Å². The van der Waals surface area contributed by atoms with Crippen LogP contribution in [0.15, 0.2) is 30.3 Å². The fourth-order valence-electron chi connectivity index (χ4n) is 2.03. The number of hydrogen-bond acceptors (Lipinski definition) is 3. The number of aromatic hydroxyl groups is 1. The Bertz CT molecular complexity index is 709. The molecule has 1 amide bonds. The highest BCUT2D eigenvalue weighted by atomic mass is 35.5. The zero-order valence-electron chi connectivity index (χ0n) is 12.2. The number of phenols is 1. The van der Waals surface area contributed by atoms with Gasteiger partial charge >= 0.3 is 0 Å². The molecule has 0 aliphatic carbocycles. The summed E-state index contributed by atoms with van der Waals surface area (Å²) in [6.45, 7) is 0.353. The van der Waals surface area contributed by atoms with Crippen LogP contribution in [0.5, 0.6) is 11.5 Å². The molecule has 0 fully saturated rings. The van der Waals surface area contributed by atoms with Gasteiger partial charge in [0.1, 0.15) is 17.1 Å². The Hall–Kier alpha value is -1.62. The van der Waals surface area contributed by atoms with E-state index in [0.717, 1.165) is 11.3 Å². The van der Waals surface area contributed by atoms with E-state index in [0.29, 0.717) is 13.0 Å². The Morgan fingerprint density at radius 2 is 1.96 bits per heavy atom. The summed E-state index contributed by atoms with van der Waals surface area (Å²) in [5.74, 6) is -0.184. The first-order chi connectivity index (χ1) is 10.9. The van der Waals surface area contributed by atoms with Gasteiger partial charge in [0.05, 0.1) is 22.2 Å². The predicted octanol–water partition coefficient (Wildman–Crippen LogP) is 4.33. The molecule has 0 spiro atoms. The predicted molar refractivity (Wildman–Crippen MR) is 92.2 cm³/mol. The van der Waals surface area contributed by atoms with Gasteiger partial charge in [-0.05, 0) is 30.2 Å². The second kappa shape index (κ2) is 7.77. The first-order valence-electron chi connectivity index (χ1n) is 6.71. The smallest absolute Gasteiger partial charge is 0.256 e. The van der Waals surface area contributed by atoms with Crippen LogP contribution in [0.2, 0.25) is 15.1 Å². The number of amides is 1. The molecule has 122 valence electrons. The molecule has 4 nitrogen and oxygen atoms in total. The maximum atomic E-state index is 12.2. The molecule has 23 heavy (non-hydrogen) atoms. The molecular weight excluding hydrogens is 361 g/mol. The standard InChI is InChI=1S/C16H14Cl3NO3/c1-23-10-4-2-3-9(7-10)5-6-20-16(22)13-14(19)11(17)8-12(18)15(13)21/h2-4,7-8,21H,5-6H2,1H3,(H,20,22). The van der Waals surface area contributed by atoms with E-state index in [2.05, 4.69) is 5.32 Å². The largest absolute Gasteiger partial charge is 0.505 e. The molecule has 0 saturated carbocycles. The van der Waals surface area contributed by atoms with Crippen molar-refractivity contribution in [3.63, 3.8) is 0 Å². The van der Waals surface area contributed by atoms with Crippen LogP contribution >= 0.6 is 34.8 Å². The molecule has 0 bridgehead atoms. The molecule has 0 aliphatic rings. The fourth-order valence-corrected chi connectivity index (χ4v) is 2.72. The number of halogens is 3. The first kappa shape index (κ1) is 17.7. The van der Waals surface area contributed by atoms with Crippen LogP contribution in [0, 0.1) is 0 Å². The molecule has 0 aromatic heterocycles. The minimum atomic E-state index is -0.542. The number of carbonyl (C=O) groups excluding carboxylic acids is 1. The highest BCUT2D eigenvalue weighted by Crippen LogP contribution is 2.38. The third-order valence-electron chi connectivity index (χ3n) is 3.21. The number of carbonyl (C=O) groups is 1. The van der Waals surface area contributed by atoms with Crippen molar-refractivity contribution >= 4 is 40.7 Å². The topological polar surface area (TPSA) is 58.6 Å². The van der Waals surface area contributed by atoms with Crippen molar-refractivity contribution < 1.29 is 14.6 Å². The summed E-state index contributed by atoms with van der Waals surface area (Å²) in [5.41, 5.74) is 0.874. The Balaban J connectivity index is 2.06. The van der Waals surface area contributed by atoms with Crippen molar-refractivity contribution in [2.75, 3.05) is 13.7 Å². The van der Waals surface area contributed by atoms with Crippen LogP contribution in [-0.2, 0) is 6.42 Å². The minimum absolute atomic E-state index is 0.0302. The second-order valence-electron chi connectivity index (χ2n) is 4.74. The van der Waals surface area contributed by atoms with E-state index in [-0.39, 0.29) is 26.4 Å². The van der Waals surface area contributed by atoms with E-state index < -0.39 is 5.91 Å². The van der Waals surface area contributed by atoms with E-state index in [9.17, 15) is 9.90 Å². The minimum Gasteiger partial charge on any atom is -0.505 e. The molecule has 7 heteroatoms. The third-order valence-corrected chi connectivity index (χ3v) is 4.28. The lowest BCUT2D eigenvalue weighted by molar-refractivity contribution is 0.0951. The van der Waals surface area contributed by atoms with Crippen LogP contribution < -0.4 is 10.1 Å². The van der Waals surface area contributed by atoms with Crippen LogP contribution in [0.1, 0.15) is 15.9 Å². The number of benzene rings is 2. The van der Waals surface area contributed by atoms with E-state index >= 15 is 0 Å². The molecule has 0 unspecified atom stereocenters. The molecule has 2 N–H and O–H groups in total. The van der Waals surface area contributed by atoms with Crippen LogP contribution in [-0.4, -0.2) is 24.7 Å². The number of rotatable bonds is 5. The van der Waals surface area contributed by atoms with Crippen LogP contribution in [0.25, 0.3) is 0 Å². The van der Waals surface area contributed by atoms with Gasteiger partial charge in [-0.1, -0.05) is 46.9 Å². The van der Waals surface area contributed by atoms with Gasteiger partial charge in [0.15, 0.2) is 0 Å². The van der Waals surface area contributed by atoms with Gasteiger partial charge < -0.3 is 15.2 Å². The van der Waals surface area contributed by atoms with Crippen molar-refractivity contribution in [1.82, 2.24) is 5.32 Å². The maximum absolute atomic E-state index is 12.2. The lowest BCUT2D eigenvalue weighted by Crippen LogP contribution is -2.26. The van der Waals surface area contributed by atoms with Crippen molar-refractivity contribution in [3.05, 3.63) is 56.5 Å². The molecular formula is C16H14Cl3NO3. The zero-order valence-corrected chi connectivity index (χ0v) is 14.5. The number of nitrogens with one attached hydrogen (secondary N) is 1. The Kier molecular flexibility index (Phi) is 5.99. The quantitative estimate of drug-likeness (QED) is 0.766. The summed E-state index contributed by atoms with van der Waals surface area (Å²) in [6.07, 6.45) is 0.593. The summed E-state index contributed by atoms with van der Waals surface area (Å²) in [5, 5.41) is 12.6. The number of phenolic OH excluding ortho intramolecular Hbond substituents is 1. The number of ether oxygens (including phenoxy) is 1. The Morgan fingerprint density at radius 3 is 2.65 bits per heavy atom. The molecule has 2 rings (SSSR count). The lowest BCUT2D eigenvalue weighted by Gasteiger charge is -2.11. The summed E-state index contributed by atoms with van der Waals surface area (Å²) in [4.78, 5) is 12.2. The lowest BCUT2D eigenvalue weighted by atomic mass is 10.1. The zero-order chi connectivity index (χ0) is 17.0. The molecule has 0 heterocycles. The SMILES string of the molecule is COc1cccc(CCNC(=O)c2c(O)c(Cl)cc(Cl)c2Cl)c1. The molecule has 0 saturated heterocycles. The highest BCUT2D eigenvalue weighted by molar-refractivity contribution is 6.45. The molecule has 0 atom stereocenters. The fraction of sp³-hybridized carbons (Fsp3) is 0.188. The number of hydrogen-bond donors (Lipinski definition) is 2. The summed E-state index contributed by atoms with van der Waals surface area (Å²) < 4.78 is 5.14. The van der Waals surface area contributed by atoms with E-state index in [1.165, 1.54) is 6.07 Å². The normalized spacial score (nSPS) is 10.4. The Labute approximate surface area is 148 Å². The van der Waals surface area contributed by atoms with Gasteiger partial charge in [-0.15, -0.1) is 0 Å². The van der Waals surface area contributed by atoms with Gasteiger partial charge in [-0.25, -0.2) is 0 Å². The summed E-state index contributed by atoms with van der Waals surface area (Å²) in [7, 11) is 1.59. The van der Waals surface area contributed by atoms with E-state index in [4.69, 9.17) is 39.5 Å². The first-order valence-corrected chi connectivity index (χ1v) is 7.85. The highest BCUT2D eigenvalue weighted by Gasteiger charge is 2.20. The monoisotopic (exact) mass is 373 g/mol. The number of methoxy groups -OCH3 is 1. The maximum Gasteiger partial charge on any atom is 0.256 e. The third kappa shape index (κ3) is 4.22. The molecule has 0 radical (unpaired) electrons. The van der Waals surface area contributed by atoms with Crippen molar-refractivity contribution in [2.24, 2.45) is 0 Å². The Morgan fingerprint density at radius 1 is 1.22 bits per heavy atom. The van der Waals surface area contributed by atoms with Crippen molar-refractivity contribution in [1.29, 1.82) is 0 Å². The van der Waals surface area contributed by atoms with E-state index in [1.807, 2.05) is 24.3 Å².